The first-order valence-corrected chi connectivity index (χ1v) is 13.1. The number of benzene rings is 2. The molecular weight excluding hydrogens is 500 g/mol. The molecule has 0 aliphatic carbocycles. The quantitative estimate of drug-likeness (QED) is 0.277. The number of aliphatic imine (C=N–C) groups is 1. The van der Waals surface area contributed by atoms with Gasteiger partial charge in [0.25, 0.3) is 0 Å². The Morgan fingerprint density at radius 2 is 1.69 bits per heavy atom. The van der Waals surface area contributed by atoms with Crippen molar-refractivity contribution in [3.63, 3.8) is 0 Å². The van der Waals surface area contributed by atoms with E-state index in [0.717, 1.165) is 18.6 Å². The van der Waals surface area contributed by atoms with E-state index in [4.69, 9.17) is 18.9 Å². The van der Waals surface area contributed by atoms with Crippen molar-refractivity contribution in [3.8, 4) is 11.5 Å². The molecule has 0 saturated carbocycles. The van der Waals surface area contributed by atoms with Crippen LogP contribution in [0.15, 0.2) is 70.9 Å². The number of hydrogen-bond acceptors (Lipinski definition) is 9. The Labute approximate surface area is 229 Å². The van der Waals surface area contributed by atoms with E-state index in [1.165, 1.54) is 14.2 Å². The van der Waals surface area contributed by atoms with Gasteiger partial charge in [0.15, 0.2) is 0 Å². The maximum atomic E-state index is 12.8. The molecule has 9 heteroatoms. The van der Waals surface area contributed by atoms with Gasteiger partial charge in [0, 0.05) is 29.4 Å². The number of carbonyl (C=O) groups is 2. The maximum Gasteiger partial charge on any atom is 0.336 e. The van der Waals surface area contributed by atoms with E-state index in [1.807, 2.05) is 54.6 Å². The van der Waals surface area contributed by atoms with Crippen LogP contribution in [0.1, 0.15) is 38.2 Å². The van der Waals surface area contributed by atoms with Gasteiger partial charge in [-0.3, -0.25) is 9.79 Å². The number of hydrogen-bond donors (Lipinski definition) is 2. The maximum absolute atomic E-state index is 12.8. The lowest BCUT2D eigenvalue weighted by atomic mass is 9.75. The van der Waals surface area contributed by atoms with Gasteiger partial charge in [-0.1, -0.05) is 36.4 Å². The Morgan fingerprint density at radius 1 is 0.974 bits per heavy atom. The van der Waals surface area contributed by atoms with Crippen molar-refractivity contribution >= 4 is 17.7 Å². The number of nitrogens with one attached hydrogen (secondary N) is 1. The summed E-state index contributed by atoms with van der Waals surface area (Å²) in [5.74, 6) is -1.14. The first-order chi connectivity index (χ1) is 18.9. The van der Waals surface area contributed by atoms with Crippen LogP contribution < -0.4 is 14.8 Å². The summed E-state index contributed by atoms with van der Waals surface area (Å²) in [4.78, 5) is 30.0. The molecule has 2 aromatic carbocycles. The summed E-state index contributed by atoms with van der Waals surface area (Å²) < 4.78 is 21.8. The Hall–Kier alpha value is -3.69. The van der Waals surface area contributed by atoms with Gasteiger partial charge in [0.05, 0.1) is 26.4 Å². The number of rotatable bonds is 14. The van der Waals surface area contributed by atoms with Crippen LogP contribution in [-0.2, 0) is 19.1 Å². The molecule has 3 unspecified atom stereocenters. The Bertz CT molecular complexity index is 1160. The van der Waals surface area contributed by atoms with Gasteiger partial charge in [-0.05, 0) is 51.4 Å². The monoisotopic (exact) mass is 538 g/mol. The number of carbonyl (C=O) groups excluding carboxylic acids is 2. The smallest absolute Gasteiger partial charge is 0.336 e. The first-order valence-electron chi connectivity index (χ1n) is 13.1. The van der Waals surface area contributed by atoms with Crippen LogP contribution in [0.4, 0.5) is 0 Å². The zero-order valence-electron chi connectivity index (χ0n) is 23.0. The highest BCUT2D eigenvalue weighted by Gasteiger charge is 2.43. The highest BCUT2D eigenvalue weighted by molar-refractivity contribution is 6.07. The standard InChI is InChI=1S/C30H38N2O7/c1-20-26(29(34)36-3)28(27(21(2)32-20)30(35)37-4)24-14-8-9-15-25(24)38-17-11-10-16-31-18-22(33)19-39-23-12-6-5-7-13-23/h5-9,12-15,22,26,28,31,33H,10-11,16-19H2,1-4H3. The van der Waals surface area contributed by atoms with Gasteiger partial charge in [-0.2, -0.15) is 0 Å². The van der Waals surface area contributed by atoms with Crippen molar-refractivity contribution in [3.05, 3.63) is 71.4 Å². The van der Waals surface area contributed by atoms with E-state index in [-0.39, 0.29) is 6.61 Å². The first kappa shape index (κ1) is 29.9. The van der Waals surface area contributed by atoms with Gasteiger partial charge in [-0.25, -0.2) is 4.79 Å². The fraction of sp³-hybridized carbons (Fsp3) is 0.433. The molecule has 210 valence electrons. The van der Waals surface area contributed by atoms with E-state index >= 15 is 0 Å². The molecule has 0 bridgehead atoms. The zero-order chi connectivity index (χ0) is 28.2. The number of methoxy groups -OCH3 is 2. The van der Waals surface area contributed by atoms with Crippen LogP contribution in [0.5, 0.6) is 11.5 Å². The molecule has 3 atom stereocenters. The molecule has 0 saturated heterocycles. The van der Waals surface area contributed by atoms with Crippen molar-refractivity contribution in [2.75, 3.05) is 40.5 Å². The van der Waals surface area contributed by atoms with Gasteiger partial charge in [0.1, 0.15) is 30.1 Å². The third kappa shape index (κ3) is 8.15. The molecule has 2 aromatic rings. The third-order valence-corrected chi connectivity index (χ3v) is 6.51. The zero-order valence-corrected chi connectivity index (χ0v) is 23.0. The van der Waals surface area contributed by atoms with E-state index in [2.05, 4.69) is 10.3 Å². The summed E-state index contributed by atoms with van der Waals surface area (Å²) in [6.45, 7) is 5.29. The molecule has 0 spiro atoms. The molecule has 9 nitrogen and oxygen atoms in total. The van der Waals surface area contributed by atoms with E-state index in [1.54, 1.807) is 13.8 Å². The SMILES string of the molecule is COC(=O)C1=C(C)N=C(C)C(C(=O)OC)C1c1ccccc1OCCCCNCC(O)COc1ccccc1. The lowest BCUT2D eigenvalue weighted by Gasteiger charge is -2.32. The molecule has 0 radical (unpaired) electrons. The van der Waals surface area contributed by atoms with Crippen LogP contribution >= 0.6 is 0 Å². The average Bonchev–Trinajstić information content (AvgIpc) is 2.95. The summed E-state index contributed by atoms with van der Waals surface area (Å²) in [5.41, 5.74) is 2.08. The van der Waals surface area contributed by atoms with Crippen LogP contribution in [0.3, 0.4) is 0 Å². The average molecular weight is 539 g/mol. The predicted molar refractivity (Wildman–Crippen MR) is 148 cm³/mol. The van der Waals surface area contributed by atoms with E-state index in [0.29, 0.717) is 48.0 Å². The second-order valence-electron chi connectivity index (χ2n) is 9.30. The highest BCUT2D eigenvalue weighted by Crippen LogP contribution is 2.43. The normalized spacial score (nSPS) is 17.7. The summed E-state index contributed by atoms with van der Waals surface area (Å²) in [7, 11) is 2.63. The van der Waals surface area contributed by atoms with Crippen LogP contribution in [0, 0.1) is 5.92 Å². The number of aliphatic hydroxyl groups is 1. The largest absolute Gasteiger partial charge is 0.493 e. The Balaban J connectivity index is 1.56. The van der Waals surface area contributed by atoms with Gasteiger partial charge >= 0.3 is 11.9 Å². The third-order valence-electron chi connectivity index (χ3n) is 6.51. The number of nitrogens with zero attached hydrogens (tertiary/aromatic N) is 1. The number of unbranched alkanes of at least 4 members (excludes halogenated alkanes) is 1. The van der Waals surface area contributed by atoms with Gasteiger partial charge < -0.3 is 29.4 Å². The fourth-order valence-corrected chi connectivity index (χ4v) is 4.62. The molecular formula is C30H38N2O7. The minimum atomic E-state index is -0.779. The van der Waals surface area contributed by atoms with Crippen molar-refractivity contribution in [2.45, 2.75) is 38.7 Å². The molecule has 1 heterocycles. The second-order valence-corrected chi connectivity index (χ2v) is 9.30. The van der Waals surface area contributed by atoms with Crippen molar-refractivity contribution < 1.29 is 33.6 Å². The minimum absolute atomic E-state index is 0.219. The predicted octanol–water partition coefficient (Wildman–Crippen LogP) is 3.67. The Kier molecular flexibility index (Phi) is 11.5. The minimum Gasteiger partial charge on any atom is -0.493 e. The second kappa shape index (κ2) is 15.0. The lowest BCUT2D eigenvalue weighted by Crippen LogP contribution is -2.36. The summed E-state index contributed by atoms with van der Waals surface area (Å²) >= 11 is 0. The molecule has 1 aliphatic rings. The van der Waals surface area contributed by atoms with Crippen LogP contribution in [-0.4, -0.2) is 69.4 Å². The molecule has 0 aromatic heterocycles. The highest BCUT2D eigenvalue weighted by atomic mass is 16.5. The summed E-state index contributed by atoms with van der Waals surface area (Å²) in [5, 5.41) is 13.4. The fourth-order valence-electron chi connectivity index (χ4n) is 4.62. The number of ether oxygens (including phenoxy) is 4. The number of aliphatic hydroxyl groups excluding tert-OH is 1. The van der Waals surface area contributed by atoms with E-state index in [9.17, 15) is 14.7 Å². The molecule has 2 N–H and O–H groups in total. The van der Waals surface area contributed by atoms with Gasteiger partial charge in [-0.15, -0.1) is 0 Å². The molecule has 39 heavy (non-hydrogen) atoms. The molecule has 0 fully saturated rings. The molecule has 0 amide bonds. The number of para-hydroxylation sites is 2. The lowest BCUT2D eigenvalue weighted by molar-refractivity contribution is -0.143. The van der Waals surface area contributed by atoms with Crippen LogP contribution in [0.2, 0.25) is 0 Å². The molecule has 3 rings (SSSR count). The van der Waals surface area contributed by atoms with Gasteiger partial charge in [0.2, 0.25) is 0 Å². The van der Waals surface area contributed by atoms with E-state index < -0.39 is 29.9 Å². The molecule has 1 aliphatic heterocycles. The van der Waals surface area contributed by atoms with Crippen LogP contribution in [0.25, 0.3) is 0 Å². The summed E-state index contributed by atoms with van der Waals surface area (Å²) in [6.07, 6.45) is 0.988. The number of esters is 2. The van der Waals surface area contributed by atoms with Crippen molar-refractivity contribution in [2.24, 2.45) is 10.9 Å². The topological polar surface area (TPSA) is 116 Å². The number of allylic oxidation sites excluding steroid dienone is 1. The summed E-state index contributed by atoms with van der Waals surface area (Å²) in [6, 6.07) is 16.8. The van der Waals surface area contributed by atoms with Crippen molar-refractivity contribution in [1.29, 1.82) is 0 Å². The Morgan fingerprint density at radius 3 is 2.41 bits per heavy atom. The van der Waals surface area contributed by atoms with Crippen molar-refractivity contribution in [1.82, 2.24) is 5.32 Å².